The minimum absolute atomic E-state index is 0.260. The fourth-order valence-electron chi connectivity index (χ4n) is 6.21. The lowest BCUT2D eigenvalue weighted by molar-refractivity contribution is 0.195. The van der Waals surface area contributed by atoms with E-state index in [2.05, 4.69) is 58.9 Å². The summed E-state index contributed by atoms with van der Waals surface area (Å²) in [6, 6.07) is 29.9. The Morgan fingerprint density at radius 2 is 1.26 bits per heavy atom. The average molecular weight is 561 g/mol. The van der Waals surface area contributed by atoms with E-state index in [0.717, 1.165) is 46.8 Å². The van der Waals surface area contributed by atoms with E-state index in [9.17, 15) is 10.2 Å². The first kappa shape index (κ1) is 27.9. The number of phenolic OH excluding ortho intramolecular Hbond substituents is 2. The highest BCUT2D eigenvalue weighted by molar-refractivity contribution is 5.94. The lowest BCUT2D eigenvalue weighted by atomic mass is 10.0. The van der Waals surface area contributed by atoms with Crippen molar-refractivity contribution < 1.29 is 14.9 Å². The third-order valence-electron chi connectivity index (χ3n) is 8.55. The number of nitrogens with zero attached hydrogens (tertiary/aromatic N) is 2. The molecule has 2 N–H and O–H groups in total. The van der Waals surface area contributed by atoms with Crippen molar-refractivity contribution in [1.29, 1.82) is 0 Å². The zero-order valence-electron chi connectivity index (χ0n) is 24.4. The number of aromatic hydroxyl groups is 2. The van der Waals surface area contributed by atoms with Crippen LogP contribution in [-0.4, -0.2) is 45.9 Å². The molecule has 5 nitrogen and oxygen atoms in total. The van der Waals surface area contributed by atoms with Crippen LogP contribution >= 0.6 is 0 Å². The number of aromatic nitrogens is 1. The van der Waals surface area contributed by atoms with E-state index in [1.54, 1.807) is 24.3 Å². The van der Waals surface area contributed by atoms with Gasteiger partial charge in [-0.05, 0) is 121 Å². The quantitative estimate of drug-likeness (QED) is 0.200. The molecule has 0 saturated carbocycles. The van der Waals surface area contributed by atoms with Gasteiger partial charge in [-0.15, -0.1) is 0 Å². The summed E-state index contributed by atoms with van der Waals surface area (Å²) in [6.07, 6.45) is 6.68. The molecule has 0 bridgehead atoms. The summed E-state index contributed by atoms with van der Waals surface area (Å²) >= 11 is 0. The number of hydrogen-bond donors (Lipinski definition) is 2. The van der Waals surface area contributed by atoms with Gasteiger partial charge in [-0.1, -0.05) is 49.6 Å². The van der Waals surface area contributed by atoms with Crippen molar-refractivity contribution in [1.82, 2.24) is 9.47 Å². The minimum Gasteiger partial charge on any atom is -0.508 e. The van der Waals surface area contributed by atoms with Crippen LogP contribution in [-0.2, 0) is 6.54 Å². The molecular weight excluding hydrogens is 520 g/mol. The molecule has 1 aliphatic heterocycles. The summed E-state index contributed by atoms with van der Waals surface area (Å²) in [5, 5.41) is 20.9. The van der Waals surface area contributed by atoms with Gasteiger partial charge < -0.3 is 19.5 Å². The maximum Gasteiger partial charge on any atom is 0.119 e. The van der Waals surface area contributed by atoms with Gasteiger partial charge in [-0.2, -0.15) is 0 Å². The molecule has 5 heteroatoms. The largest absolute Gasteiger partial charge is 0.508 e. The molecule has 6 rings (SSSR count). The Kier molecular flexibility index (Phi) is 8.47. The van der Waals surface area contributed by atoms with Crippen LogP contribution in [0.4, 0.5) is 0 Å². The second-order valence-electron chi connectivity index (χ2n) is 11.5. The first-order valence-corrected chi connectivity index (χ1v) is 15.2. The number of likely N-dealkylation sites (tertiary alicyclic amines) is 1. The van der Waals surface area contributed by atoms with Gasteiger partial charge in [-0.3, -0.25) is 4.90 Å². The monoisotopic (exact) mass is 560 g/mol. The van der Waals surface area contributed by atoms with Gasteiger partial charge in [0.1, 0.15) is 23.9 Å². The molecule has 0 radical (unpaired) electrons. The van der Waals surface area contributed by atoms with Crippen molar-refractivity contribution >= 4 is 10.9 Å². The fraction of sp³-hybridized carbons (Fsp3) is 0.297. The first-order valence-electron chi connectivity index (χ1n) is 15.2. The van der Waals surface area contributed by atoms with Crippen LogP contribution in [0.15, 0.2) is 91.0 Å². The van der Waals surface area contributed by atoms with Crippen LogP contribution in [0.25, 0.3) is 33.3 Å². The van der Waals surface area contributed by atoms with Gasteiger partial charge in [0.15, 0.2) is 0 Å². The summed E-state index contributed by atoms with van der Waals surface area (Å²) in [5.74, 6) is 1.44. The Balaban J connectivity index is 1.25. The van der Waals surface area contributed by atoms with E-state index in [4.69, 9.17) is 4.74 Å². The standard InChI is InChI=1S/C37H40N2O3/c1-27-35-25-31(29-9-14-32(40)15-10-29)13-20-36(35)39(37(27)30-11-16-33(41)17-12-30)26-28-7-18-34(19-8-28)42-24-23-38-21-5-3-2-4-6-22-38/h7-20,25,40-41H,2-6,21-24,26H2,1H3. The van der Waals surface area contributed by atoms with E-state index in [0.29, 0.717) is 6.54 Å². The van der Waals surface area contributed by atoms with E-state index in [-0.39, 0.29) is 11.5 Å². The third-order valence-corrected chi connectivity index (χ3v) is 8.55. The second-order valence-corrected chi connectivity index (χ2v) is 11.5. The maximum absolute atomic E-state index is 9.95. The van der Waals surface area contributed by atoms with E-state index < -0.39 is 0 Å². The number of phenols is 2. The highest BCUT2D eigenvalue weighted by Gasteiger charge is 2.17. The van der Waals surface area contributed by atoms with E-state index in [1.165, 1.54) is 61.7 Å². The van der Waals surface area contributed by atoms with Crippen LogP contribution in [0.2, 0.25) is 0 Å². The highest BCUT2D eigenvalue weighted by Crippen LogP contribution is 2.37. The van der Waals surface area contributed by atoms with Crippen molar-refractivity contribution in [3.05, 3.63) is 102 Å². The van der Waals surface area contributed by atoms with E-state index in [1.807, 2.05) is 24.3 Å². The number of rotatable bonds is 8. The zero-order chi connectivity index (χ0) is 28.9. The Labute approximate surface area is 248 Å². The highest BCUT2D eigenvalue weighted by atomic mass is 16.5. The van der Waals surface area contributed by atoms with Crippen LogP contribution in [0.5, 0.6) is 17.2 Å². The SMILES string of the molecule is Cc1c(-c2ccc(O)cc2)n(Cc2ccc(OCCN3CCCCCCC3)cc2)c2ccc(-c3ccc(O)cc3)cc12. The van der Waals surface area contributed by atoms with Gasteiger partial charge >= 0.3 is 0 Å². The van der Waals surface area contributed by atoms with Gasteiger partial charge in [-0.25, -0.2) is 0 Å². The molecular formula is C37H40N2O3. The van der Waals surface area contributed by atoms with Gasteiger partial charge in [0, 0.05) is 24.0 Å². The Morgan fingerprint density at radius 3 is 1.93 bits per heavy atom. The number of ether oxygens (including phenoxy) is 1. The minimum atomic E-state index is 0.260. The molecule has 1 fully saturated rings. The number of fused-ring (bicyclic) bond motifs is 1. The molecule has 1 aromatic heterocycles. The molecule has 0 aliphatic carbocycles. The zero-order valence-corrected chi connectivity index (χ0v) is 24.4. The number of hydrogen-bond acceptors (Lipinski definition) is 4. The average Bonchev–Trinajstić information content (AvgIpc) is 3.26. The smallest absolute Gasteiger partial charge is 0.119 e. The van der Waals surface area contributed by atoms with E-state index >= 15 is 0 Å². The topological polar surface area (TPSA) is 57.9 Å². The van der Waals surface area contributed by atoms with Crippen LogP contribution < -0.4 is 4.74 Å². The summed E-state index contributed by atoms with van der Waals surface area (Å²) in [4.78, 5) is 2.55. The maximum atomic E-state index is 9.95. The molecule has 0 unspecified atom stereocenters. The third kappa shape index (κ3) is 6.32. The summed E-state index contributed by atoms with van der Waals surface area (Å²) in [7, 11) is 0. The normalized spacial score (nSPS) is 14.5. The van der Waals surface area contributed by atoms with Crippen molar-refractivity contribution in [3.8, 4) is 39.6 Å². The van der Waals surface area contributed by atoms with Crippen LogP contribution in [0.1, 0.15) is 43.2 Å². The molecule has 1 aliphatic rings. The molecule has 0 spiro atoms. The molecule has 216 valence electrons. The second kappa shape index (κ2) is 12.7. The number of benzene rings is 4. The summed E-state index contributed by atoms with van der Waals surface area (Å²) in [5.41, 5.74) is 7.93. The Morgan fingerprint density at radius 1 is 0.667 bits per heavy atom. The molecule has 1 saturated heterocycles. The molecule has 42 heavy (non-hydrogen) atoms. The predicted octanol–water partition coefficient (Wildman–Crippen LogP) is 8.39. The molecule has 2 heterocycles. The van der Waals surface area contributed by atoms with Crippen molar-refractivity contribution in [2.45, 2.75) is 45.6 Å². The van der Waals surface area contributed by atoms with Crippen molar-refractivity contribution in [3.63, 3.8) is 0 Å². The molecule has 0 amide bonds. The Bertz CT molecular complexity index is 1610. The van der Waals surface area contributed by atoms with Gasteiger partial charge in [0.05, 0.1) is 5.69 Å². The van der Waals surface area contributed by atoms with Gasteiger partial charge in [0.2, 0.25) is 0 Å². The van der Waals surface area contributed by atoms with Crippen LogP contribution in [0, 0.1) is 6.92 Å². The molecule has 0 atom stereocenters. The summed E-state index contributed by atoms with van der Waals surface area (Å²) < 4.78 is 8.51. The fourth-order valence-corrected chi connectivity index (χ4v) is 6.21. The van der Waals surface area contributed by atoms with Crippen molar-refractivity contribution in [2.75, 3.05) is 26.2 Å². The lowest BCUT2D eigenvalue weighted by Gasteiger charge is -2.24. The Hall–Kier alpha value is -4.22. The summed E-state index contributed by atoms with van der Waals surface area (Å²) in [6.45, 7) is 6.96. The van der Waals surface area contributed by atoms with Crippen LogP contribution in [0.3, 0.4) is 0 Å². The van der Waals surface area contributed by atoms with Crippen molar-refractivity contribution in [2.24, 2.45) is 0 Å². The molecule has 4 aromatic carbocycles. The van der Waals surface area contributed by atoms with Gasteiger partial charge in [0.25, 0.3) is 0 Å². The predicted molar refractivity (Wildman–Crippen MR) is 171 cm³/mol. The molecule has 5 aromatic rings. The number of aryl methyl sites for hydroxylation is 1. The lowest BCUT2D eigenvalue weighted by Crippen LogP contribution is -2.31. The first-order chi connectivity index (χ1) is 20.5.